The van der Waals surface area contributed by atoms with Crippen LogP contribution in [0.4, 0.5) is 19.1 Å². The highest BCUT2D eigenvalue weighted by molar-refractivity contribution is 6.04. The fourth-order valence-electron chi connectivity index (χ4n) is 2.26. The van der Waals surface area contributed by atoms with E-state index in [1.54, 1.807) is 24.3 Å². The molecule has 1 heterocycles. The second-order valence-corrected chi connectivity index (χ2v) is 5.07. The molecule has 0 saturated heterocycles. The molecule has 0 spiro atoms. The molecule has 0 aliphatic rings. The maximum atomic E-state index is 13.0. The Bertz CT molecular complexity index is 939. The first kappa shape index (κ1) is 17.4. The standard InChI is InChI=1S/C16H12F3N5O2/c1-26-13-9-5-4-8-12(13)24-22-15(21-23-24)20-14(25)10-6-2-3-7-11(10)16(17,18)19/h2-9H,1H3,(H,20,22,25). The average molecular weight is 363 g/mol. The van der Waals surface area contributed by atoms with Gasteiger partial charge in [-0.1, -0.05) is 29.4 Å². The summed E-state index contributed by atoms with van der Waals surface area (Å²) in [5.41, 5.74) is -1.12. The number of benzene rings is 2. The summed E-state index contributed by atoms with van der Waals surface area (Å²) >= 11 is 0. The molecule has 10 heteroatoms. The largest absolute Gasteiger partial charge is 0.494 e. The van der Waals surface area contributed by atoms with E-state index >= 15 is 0 Å². The number of nitrogens with one attached hydrogen (secondary N) is 1. The molecular formula is C16H12F3N5O2. The highest BCUT2D eigenvalue weighted by Crippen LogP contribution is 2.32. The van der Waals surface area contributed by atoms with Crippen LogP contribution in [0, 0.1) is 0 Å². The van der Waals surface area contributed by atoms with Crippen molar-refractivity contribution in [2.45, 2.75) is 6.18 Å². The Labute approximate surface area is 145 Å². The lowest BCUT2D eigenvalue weighted by Gasteiger charge is -2.11. The van der Waals surface area contributed by atoms with Crippen molar-refractivity contribution in [2.24, 2.45) is 0 Å². The zero-order valence-electron chi connectivity index (χ0n) is 13.4. The van der Waals surface area contributed by atoms with E-state index < -0.39 is 23.2 Å². The molecule has 3 rings (SSSR count). The number of alkyl halides is 3. The molecule has 0 aliphatic heterocycles. The minimum absolute atomic E-state index is 0.238. The predicted octanol–water partition coefficient (Wildman–Crippen LogP) is 2.94. The molecule has 3 aromatic rings. The molecule has 0 bridgehead atoms. The van der Waals surface area contributed by atoms with Gasteiger partial charge in [-0.15, -0.1) is 9.90 Å². The Morgan fingerprint density at radius 2 is 1.81 bits per heavy atom. The van der Waals surface area contributed by atoms with E-state index in [-0.39, 0.29) is 5.95 Å². The SMILES string of the molecule is COc1ccccc1-n1nnc(NC(=O)c2ccccc2C(F)(F)F)n1. The van der Waals surface area contributed by atoms with E-state index in [0.717, 1.165) is 16.9 Å². The minimum Gasteiger partial charge on any atom is -0.494 e. The van der Waals surface area contributed by atoms with Crippen molar-refractivity contribution in [3.05, 3.63) is 59.7 Å². The third-order valence-corrected chi connectivity index (χ3v) is 3.42. The lowest BCUT2D eigenvalue weighted by molar-refractivity contribution is -0.137. The number of hydrogen-bond acceptors (Lipinski definition) is 5. The Morgan fingerprint density at radius 1 is 1.12 bits per heavy atom. The molecule has 1 aromatic heterocycles. The summed E-state index contributed by atoms with van der Waals surface area (Å²) < 4.78 is 44.2. The quantitative estimate of drug-likeness (QED) is 0.771. The second kappa shape index (κ2) is 6.82. The summed E-state index contributed by atoms with van der Waals surface area (Å²) in [6.45, 7) is 0. The van der Waals surface area contributed by atoms with Gasteiger partial charge in [-0.3, -0.25) is 10.1 Å². The molecule has 0 aliphatic carbocycles. The Balaban J connectivity index is 1.86. The molecule has 0 saturated carbocycles. The number of rotatable bonds is 4. The monoisotopic (exact) mass is 363 g/mol. The predicted molar refractivity (Wildman–Crippen MR) is 85.1 cm³/mol. The lowest BCUT2D eigenvalue weighted by Crippen LogP contribution is -2.19. The van der Waals surface area contributed by atoms with Crippen molar-refractivity contribution >= 4 is 11.9 Å². The third-order valence-electron chi connectivity index (χ3n) is 3.42. The summed E-state index contributed by atoms with van der Waals surface area (Å²) in [5, 5.41) is 13.6. The molecule has 2 aromatic carbocycles. The van der Waals surface area contributed by atoms with Gasteiger partial charge >= 0.3 is 6.18 Å². The summed E-state index contributed by atoms with van der Waals surface area (Å²) in [6, 6.07) is 11.2. The summed E-state index contributed by atoms with van der Waals surface area (Å²) in [5.74, 6) is -0.763. The van der Waals surface area contributed by atoms with Gasteiger partial charge in [0.1, 0.15) is 11.4 Å². The molecular weight excluding hydrogens is 351 g/mol. The van der Waals surface area contributed by atoms with Crippen molar-refractivity contribution in [3.63, 3.8) is 0 Å². The van der Waals surface area contributed by atoms with Gasteiger partial charge in [-0.2, -0.15) is 13.2 Å². The summed E-state index contributed by atoms with van der Waals surface area (Å²) in [4.78, 5) is 13.3. The smallest absolute Gasteiger partial charge is 0.417 e. The number of halogens is 3. The van der Waals surface area contributed by atoms with Crippen LogP contribution in [0.15, 0.2) is 48.5 Å². The highest BCUT2D eigenvalue weighted by atomic mass is 19.4. The van der Waals surface area contributed by atoms with Crippen LogP contribution < -0.4 is 10.1 Å². The lowest BCUT2D eigenvalue weighted by atomic mass is 10.1. The van der Waals surface area contributed by atoms with Gasteiger partial charge in [0, 0.05) is 0 Å². The minimum atomic E-state index is -4.66. The molecule has 1 amide bonds. The van der Waals surface area contributed by atoms with Gasteiger partial charge in [0.05, 0.1) is 18.2 Å². The molecule has 0 unspecified atom stereocenters. The van der Waals surface area contributed by atoms with E-state index in [9.17, 15) is 18.0 Å². The molecule has 0 atom stereocenters. The van der Waals surface area contributed by atoms with Crippen LogP contribution in [0.2, 0.25) is 0 Å². The first-order chi connectivity index (χ1) is 12.4. The molecule has 7 nitrogen and oxygen atoms in total. The zero-order valence-corrected chi connectivity index (χ0v) is 13.4. The number of anilines is 1. The van der Waals surface area contributed by atoms with Crippen LogP contribution in [0.5, 0.6) is 5.75 Å². The van der Waals surface area contributed by atoms with Crippen molar-refractivity contribution in [1.29, 1.82) is 0 Å². The first-order valence-electron chi connectivity index (χ1n) is 7.31. The molecule has 134 valence electrons. The van der Waals surface area contributed by atoms with Gasteiger partial charge in [0.25, 0.3) is 11.9 Å². The Morgan fingerprint density at radius 3 is 2.54 bits per heavy atom. The van der Waals surface area contributed by atoms with Gasteiger partial charge < -0.3 is 4.74 Å². The number of amides is 1. The van der Waals surface area contributed by atoms with Crippen LogP contribution in [0.1, 0.15) is 15.9 Å². The van der Waals surface area contributed by atoms with Gasteiger partial charge in [0.2, 0.25) is 0 Å². The summed E-state index contributed by atoms with van der Waals surface area (Å²) in [6.07, 6.45) is -4.66. The van der Waals surface area contributed by atoms with Crippen LogP contribution in [0.3, 0.4) is 0 Å². The van der Waals surface area contributed by atoms with E-state index in [2.05, 4.69) is 20.7 Å². The number of aromatic nitrogens is 4. The maximum Gasteiger partial charge on any atom is 0.417 e. The van der Waals surface area contributed by atoms with Gasteiger partial charge in [-0.05, 0) is 29.5 Å². The number of hydrogen-bond donors (Lipinski definition) is 1. The van der Waals surface area contributed by atoms with Crippen molar-refractivity contribution in [2.75, 3.05) is 12.4 Å². The molecule has 26 heavy (non-hydrogen) atoms. The number of tetrazole rings is 1. The number of carbonyl (C=O) groups is 1. The van der Waals surface area contributed by atoms with Crippen LogP contribution in [0.25, 0.3) is 5.69 Å². The van der Waals surface area contributed by atoms with E-state index in [1.165, 1.54) is 19.2 Å². The Kier molecular flexibility index (Phi) is 4.57. The normalized spacial score (nSPS) is 11.2. The fourth-order valence-corrected chi connectivity index (χ4v) is 2.26. The first-order valence-corrected chi connectivity index (χ1v) is 7.31. The van der Waals surface area contributed by atoms with Crippen molar-refractivity contribution in [3.8, 4) is 11.4 Å². The summed E-state index contributed by atoms with van der Waals surface area (Å²) in [7, 11) is 1.46. The zero-order chi connectivity index (χ0) is 18.7. The fraction of sp³-hybridized carbons (Fsp3) is 0.125. The number of methoxy groups -OCH3 is 1. The molecule has 1 N–H and O–H groups in total. The topological polar surface area (TPSA) is 81.9 Å². The average Bonchev–Trinajstić information content (AvgIpc) is 3.09. The Hall–Kier alpha value is -3.43. The van der Waals surface area contributed by atoms with Crippen LogP contribution in [-0.4, -0.2) is 33.2 Å². The van der Waals surface area contributed by atoms with Gasteiger partial charge in [-0.25, -0.2) is 0 Å². The number of ether oxygens (including phenoxy) is 1. The maximum absolute atomic E-state index is 13.0. The van der Waals surface area contributed by atoms with Crippen LogP contribution >= 0.6 is 0 Å². The number of nitrogens with zero attached hydrogens (tertiary/aromatic N) is 4. The second-order valence-electron chi connectivity index (χ2n) is 5.07. The number of para-hydroxylation sites is 2. The third kappa shape index (κ3) is 3.48. The highest BCUT2D eigenvalue weighted by Gasteiger charge is 2.35. The van der Waals surface area contributed by atoms with E-state index in [0.29, 0.717) is 11.4 Å². The van der Waals surface area contributed by atoms with E-state index in [1.807, 2.05) is 0 Å². The molecule has 0 radical (unpaired) electrons. The number of carbonyl (C=O) groups excluding carboxylic acids is 1. The van der Waals surface area contributed by atoms with Crippen LogP contribution in [-0.2, 0) is 6.18 Å². The van der Waals surface area contributed by atoms with Crippen molar-refractivity contribution < 1.29 is 22.7 Å². The molecule has 0 fully saturated rings. The van der Waals surface area contributed by atoms with Gasteiger partial charge in [0.15, 0.2) is 0 Å². The van der Waals surface area contributed by atoms with E-state index in [4.69, 9.17) is 4.74 Å². The van der Waals surface area contributed by atoms with Crippen molar-refractivity contribution in [1.82, 2.24) is 20.2 Å².